The molecule has 0 unspecified atom stereocenters. The standard InChI is InChI=1S/C20H20F2N4O4S/c1-26-18(12-4-6-13(7-5-12)30-19(21)22)24-25-20(26)31-11-17(27)23-15-10-14(28-2)8-9-16(15)29-3/h4-10,19H,11H2,1-3H3,(H,23,27). The smallest absolute Gasteiger partial charge is 0.387 e. The summed E-state index contributed by atoms with van der Waals surface area (Å²) < 4.78 is 41.1. The number of amides is 1. The Morgan fingerprint density at radius 3 is 2.45 bits per heavy atom. The van der Waals surface area contributed by atoms with E-state index in [1.807, 2.05) is 0 Å². The van der Waals surface area contributed by atoms with Crippen LogP contribution in [0.5, 0.6) is 17.2 Å². The number of anilines is 1. The fourth-order valence-corrected chi connectivity index (χ4v) is 3.42. The molecule has 1 heterocycles. The number of aromatic nitrogens is 3. The molecule has 0 atom stereocenters. The number of alkyl halides is 2. The van der Waals surface area contributed by atoms with Crippen molar-refractivity contribution in [1.82, 2.24) is 14.8 Å². The van der Waals surface area contributed by atoms with Crippen LogP contribution in [0.4, 0.5) is 14.5 Å². The lowest BCUT2D eigenvalue weighted by molar-refractivity contribution is -0.113. The van der Waals surface area contributed by atoms with Gasteiger partial charge in [-0.2, -0.15) is 8.78 Å². The molecule has 164 valence electrons. The summed E-state index contributed by atoms with van der Waals surface area (Å²) in [4.78, 5) is 12.4. The molecule has 1 aromatic heterocycles. The van der Waals surface area contributed by atoms with Crippen LogP contribution in [-0.2, 0) is 11.8 Å². The normalized spacial score (nSPS) is 10.8. The maximum Gasteiger partial charge on any atom is 0.387 e. The summed E-state index contributed by atoms with van der Waals surface area (Å²) in [6, 6.07) is 11.2. The number of ether oxygens (including phenoxy) is 3. The molecule has 11 heteroatoms. The molecule has 8 nitrogen and oxygen atoms in total. The molecule has 0 bridgehead atoms. The second kappa shape index (κ2) is 10.1. The molecule has 0 saturated heterocycles. The molecular weight excluding hydrogens is 430 g/mol. The van der Waals surface area contributed by atoms with E-state index in [1.165, 1.54) is 38.1 Å². The van der Waals surface area contributed by atoms with Crippen molar-refractivity contribution in [3.63, 3.8) is 0 Å². The van der Waals surface area contributed by atoms with Gasteiger partial charge in [-0.25, -0.2) is 0 Å². The number of halogens is 2. The van der Waals surface area contributed by atoms with Crippen molar-refractivity contribution in [3.05, 3.63) is 42.5 Å². The van der Waals surface area contributed by atoms with Gasteiger partial charge in [-0.1, -0.05) is 11.8 Å². The zero-order chi connectivity index (χ0) is 22.4. The highest BCUT2D eigenvalue weighted by Gasteiger charge is 2.15. The van der Waals surface area contributed by atoms with Gasteiger partial charge in [0, 0.05) is 18.7 Å². The number of hydrogen-bond donors (Lipinski definition) is 1. The van der Waals surface area contributed by atoms with Crippen molar-refractivity contribution in [1.29, 1.82) is 0 Å². The molecule has 0 saturated carbocycles. The van der Waals surface area contributed by atoms with Crippen molar-refractivity contribution in [3.8, 4) is 28.6 Å². The Labute approximate surface area is 181 Å². The summed E-state index contributed by atoms with van der Waals surface area (Å²) >= 11 is 1.21. The van der Waals surface area contributed by atoms with Crippen molar-refractivity contribution in [2.45, 2.75) is 11.8 Å². The summed E-state index contributed by atoms with van der Waals surface area (Å²) in [7, 11) is 4.80. The van der Waals surface area contributed by atoms with Crippen LogP contribution in [0.3, 0.4) is 0 Å². The lowest BCUT2D eigenvalue weighted by Crippen LogP contribution is -2.15. The van der Waals surface area contributed by atoms with Gasteiger partial charge in [0.25, 0.3) is 0 Å². The lowest BCUT2D eigenvalue weighted by Gasteiger charge is -2.11. The number of thioether (sulfide) groups is 1. The number of rotatable bonds is 9. The molecular formula is C20H20F2N4O4S. The van der Waals surface area contributed by atoms with E-state index in [0.29, 0.717) is 33.7 Å². The molecule has 2 aromatic carbocycles. The third kappa shape index (κ3) is 5.63. The topological polar surface area (TPSA) is 87.5 Å². The summed E-state index contributed by atoms with van der Waals surface area (Å²) in [6.45, 7) is -2.88. The molecule has 31 heavy (non-hydrogen) atoms. The van der Waals surface area contributed by atoms with E-state index in [1.54, 1.807) is 41.9 Å². The van der Waals surface area contributed by atoms with Crippen LogP contribution in [0.15, 0.2) is 47.6 Å². The first-order valence-electron chi connectivity index (χ1n) is 9.00. The highest BCUT2D eigenvalue weighted by molar-refractivity contribution is 7.99. The fourth-order valence-electron chi connectivity index (χ4n) is 2.71. The van der Waals surface area contributed by atoms with E-state index < -0.39 is 6.61 Å². The van der Waals surface area contributed by atoms with Crippen LogP contribution in [0.25, 0.3) is 11.4 Å². The lowest BCUT2D eigenvalue weighted by atomic mass is 10.2. The van der Waals surface area contributed by atoms with Crippen LogP contribution >= 0.6 is 11.8 Å². The van der Waals surface area contributed by atoms with Gasteiger partial charge in [0.1, 0.15) is 17.2 Å². The van der Waals surface area contributed by atoms with Gasteiger partial charge in [0.05, 0.1) is 25.7 Å². The monoisotopic (exact) mass is 450 g/mol. The zero-order valence-electron chi connectivity index (χ0n) is 17.0. The Bertz CT molecular complexity index is 1040. The first-order chi connectivity index (χ1) is 14.9. The fraction of sp³-hybridized carbons (Fsp3) is 0.250. The van der Waals surface area contributed by atoms with Crippen molar-refractivity contribution < 1.29 is 27.8 Å². The van der Waals surface area contributed by atoms with E-state index in [-0.39, 0.29) is 17.4 Å². The van der Waals surface area contributed by atoms with E-state index >= 15 is 0 Å². The minimum Gasteiger partial charge on any atom is -0.497 e. The predicted octanol–water partition coefficient (Wildman–Crippen LogP) is 3.83. The Balaban J connectivity index is 1.64. The number of hydrogen-bond acceptors (Lipinski definition) is 7. The molecule has 1 amide bonds. The summed E-state index contributed by atoms with van der Waals surface area (Å²) in [6.07, 6.45) is 0. The second-order valence-corrected chi connectivity index (χ2v) is 7.11. The quantitative estimate of drug-likeness (QED) is 0.496. The molecule has 0 spiro atoms. The van der Waals surface area contributed by atoms with Gasteiger partial charge in [-0.3, -0.25) is 4.79 Å². The third-order valence-electron chi connectivity index (χ3n) is 4.19. The van der Waals surface area contributed by atoms with Crippen LogP contribution in [-0.4, -0.2) is 47.3 Å². The molecule has 0 aliphatic rings. The first-order valence-corrected chi connectivity index (χ1v) is 9.99. The van der Waals surface area contributed by atoms with E-state index in [2.05, 4.69) is 20.3 Å². The first kappa shape index (κ1) is 22.3. The number of nitrogens with one attached hydrogen (secondary N) is 1. The average molecular weight is 450 g/mol. The zero-order valence-corrected chi connectivity index (χ0v) is 17.8. The van der Waals surface area contributed by atoms with Gasteiger partial charge in [0.15, 0.2) is 11.0 Å². The van der Waals surface area contributed by atoms with Crippen LogP contribution in [0.2, 0.25) is 0 Å². The Hall–Kier alpha value is -3.34. The van der Waals surface area contributed by atoms with E-state index in [9.17, 15) is 13.6 Å². The van der Waals surface area contributed by atoms with Gasteiger partial charge >= 0.3 is 6.61 Å². The molecule has 3 rings (SSSR count). The highest BCUT2D eigenvalue weighted by atomic mass is 32.2. The van der Waals surface area contributed by atoms with Gasteiger partial charge in [-0.05, 0) is 36.4 Å². The van der Waals surface area contributed by atoms with Gasteiger partial charge in [-0.15, -0.1) is 10.2 Å². The van der Waals surface area contributed by atoms with Crippen LogP contribution in [0.1, 0.15) is 0 Å². The van der Waals surface area contributed by atoms with Gasteiger partial charge in [0.2, 0.25) is 5.91 Å². The maximum absolute atomic E-state index is 12.4. The van der Waals surface area contributed by atoms with Crippen molar-refractivity contribution in [2.24, 2.45) is 7.05 Å². The predicted molar refractivity (Wildman–Crippen MR) is 112 cm³/mol. The van der Waals surface area contributed by atoms with E-state index in [4.69, 9.17) is 9.47 Å². The molecule has 0 aliphatic carbocycles. The number of carbonyl (C=O) groups is 1. The van der Waals surface area contributed by atoms with Crippen molar-refractivity contribution >= 4 is 23.4 Å². The average Bonchev–Trinajstić information content (AvgIpc) is 3.12. The summed E-state index contributed by atoms with van der Waals surface area (Å²) in [5.41, 5.74) is 1.17. The minimum absolute atomic E-state index is 0.0557. The largest absolute Gasteiger partial charge is 0.497 e. The highest BCUT2D eigenvalue weighted by Crippen LogP contribution is 2.29. The van der Waals surface area contributed by atoms with Crippen LogP contribution < -0.4 is 19.5 Å². The molecule has 0 aliphatic heterocycles. The number of methoxy groups -OCH3 is 2. The second-order valence-electron chi connectivity index (χ2n) is 6.17. The number of nitrogens with zero attached hydrogens (tertiary/aromatic N) is 3. The Morgan fingerprint density at radius 1 is 1.10 bits per heavy atom. The number of benzene rings is 2. The Kier molecular flexibility index (Phi) is 7.29. The number of carbonyl (C=O) groups excluding carboxylic acids is 1. The third-order valence-corrected chi connectivity index (χ3v) is 5.21. The summed E-state index contributed by atoms with van der Waals surface area (Å²) in [5, 5.41) is 11.5. The van der Waals surface area contributed by atoms with Crippen molar-refractivity contribution in [2.75, 3.05) is 25.3 Å². The summed E-state index contributed by atoms with van der Waals surface area (Å²) in [5.74, 6) is 1.52. The molecule has 0 radical (unpaired) electrons. The molecule has 0 fully saturated rings. The maximum atomic E-state index is 12.4. The SMILES string of the molecule is COc1ccc(OC)c(NC(=O)CSc2nnc(-c3ccc(OC(F)F)cc3)n2C)c1. The van der Waals surface area contributed by atoms with Crippen LogP contribution in [0, 0.1) is 0 Å². The van der Waals surface area contributed by atoms with E-state index in [0.717, 1.165) is 0 Å². The van der Waals surface area contributed by atoms with Gasteiger partial charge < -0.3 is 24.1 Å². The molecule has 1 N–H and O–H groups in total. The Morgan fingerprint density at radius 2 is 1.81 bits per heavy atom. The molecule has 3 aromatic rings. The minimum atomic E-state index is -2.88.